The number of ether oxygens (including phenoxy) is 1. The molecule has 3 nitrogen and oxygen atoms in total. The molecule has 28 heavy (non-hydrogen) atoms. The summed E-state index contributed by atoms with van der Waals surface area (Å²) in [5, 5.41) is 0. The van der Waals surface area contributed by atoms with Gasteiger partial charge in [-0.15, -0.1) is 0 Å². The molecule has 0 aliphatic rings. The van der Waals surface area contributed by atoms with Gasteiger partial charge >= 0.3 is 5.97 Å². The Morgan fingerprint density at radius 2 is 1.21 bits per heavy atom. The van der Waals surface area contributed by atoms with E-state index in [1.165, 1.54) is 0 Å². The van der Waals surface area contributed by atoms with Gasteiger partial charge in [0.15, 0.2) is 0 Å². The number of rotatable bonds is 5. The van der Waals surface area contributed by atoms with Gasteiger partial charge in [0.05, 0.1) is 23.6 Å². The van der Waals surface area contributed by atoms with Crippen LogP contribution in [0.4, 0.5) is 0 Å². The van der Waals surface area contributed by atoms with Gasteiger partial charge in [-0.25, -0.2) is 4.79 Å². The van der Waals surface area contributed by atoms with Crippen molar-refractivity contribution in [2.45, 2.75) is 6.92 Å². The molecule has 1 aromatic heterocycles. The zero-order chi connectivity index (χ0) is 19.3. The molecule has 0 amide bonds. The lowest BCUT2D eigenvalue weighted by Crippen LogP contribution is -2.05. The number of carbonyl (C=O) groups excluding carboxylic acids is 1. The fraction of sp³-hybridized carbons (Fsp3) is 0.0800. The second-order valence-electron chi connectivity index (χ2n) is 6.44. The van der Waals surface area contributed by atoms with Crippen LogP contribution in [0.15, 0.2) is 97.1 Å². The lowest BCUT2D eigenvalue weighted by atomic mass is 10.1. The minimum atomic E-state index is -0.298. The van der Waals surface area contributed by atoms with Gasteiger partial charge in [-0.3, -0.25) is 0 Å². The van der Waals surface area contributed by atoms with Crippen LogP contribution in [0.5, 0.6) is 0 Å². The first kappa shape index (κ1) is 17.8. The van der Waals surface area contributed by atoms with Gasteiger partial charge in [-0.05, 0) is 54.4 Å². The Morgan fingerprint density at radius 1 is 0.714 bits per heavy atom. The van der Waals surface area contributed by atoms with Crippen molar-refractivity contribution in [3.63, 3.8) is 0 Å². The standard InChI is InChI=1S/C25H21NO2/c1-2-28-25(27)21-13-15-22(16-14-21)26-23(19-9-5-3-6-10-19)17-18-24(26)20-11-7-4-8-12-20/h3-18H,2H2,1H3. The Balaban J connectivity index is 1.84. The highest BCUT2D eigenvalue weighted by molar-refractivity contribution is 5.89. The molecule has 0 saturated carbocycles. The van der Waals surface area contributed by atoms with Gasteiger partial charge in [0.2, 0.25) is 0 Å². The molecule has 3 aromatic carbocycles. The van der Waals surface area contributed by atoms with Gasteiger partial charge in [-0.1, -0.05) is 60.7 Å². The Labute approximate surface area is 164 Å². The van der Waals surface area contributed by atoms with E-state index in [-0.39, 0.29) is 5.97 Å². The van der Waals surface area contributed by atoms with Crippen LogP contribution in [0.25, 0.3) is 28.2 Å². The highest BCUT2D eigenvalue weighted by Crippen LogP contribution is 2.32. The van der Waals surface area contributed by atoms with E-state index in [0.29, 0.717) is 12.2 Å². The van der Waals surface area contributed by atoms with E-state index in [9.17, 15) is 4.79 Å². The van der Waals surface area contributed by atoms with Gasteiger partial charge in [0.1, 0.15) is 0 Å². The molecule has 0 atom stereocenters. The average molecular weight is 367 g/mol. The zero-order valence-corrected chi connectivity index (χ0v) is 15.7. The maximum Gasteiger partial charge on any atom is 0.338 e. The summed E-state index contributed by atoms with van der Waals surface area (Å²) >= 11 is 0. The summed E-state index contributed by atoms with van der Waals surface area (Å²) in [6.07, 6.45) is 0. The molecular weight excluding hydrogens is 346 g/mol. The molecule has 4 rings (SSSR count). The highest BCUT2D eigenvalue weighted by Gasteiger charge is 2.14. The summed E-state index contributed by atoms with van der Waals surface area (Å²) < 4.78 is 7.32. The largest absolute Gasteiger partial charge is 0.462 e. The van der Waals surface area contributed by atoms with Gasteiger partial charge in [0, 0.05) is 5.69 Å². The molecule has 0 aliphatic heterocycles. The lowest BCUT2D eigenvalue weighted by molar-refractivity contribution is 0.0526. The summed E-state index contributed by atoms with van der Waals surface area (Å²) in [7, 11) is 0. The molecule has 0 bridgehead atoms. The first-order valence-electron chi connectivity index (χ1n) is 9.38. The van der Waals surface area contributed by atoms with Crippen molar-refractivity contribution in [3.05, 3.63) is 103 Å². The van der Waals surface area contributed by atoms with Crippen LogP contribution >= 0.6 is 0 Å². The van der Waals surface area contributed by atoms with Crippen LogP contribution in [0.2, 0.25) is 0 Å². The van der Waals surface area contributed by atoms with Crippen molar-refractivity contribution in [3.8, 4) is 28.2 Å². The summed E-state index contributed by atoms with van der Waals surface area (Å²) in [6.45, 7) is 2.18. The van der Waals surface area contributed by atoms with Crippen molar-refractivity contribution < 1.29 is 9.53 Å². The summed E-state index contributed by atoms with van der Waals surface area (Å²) in [6, 6.07) is 32.4. The fourth-order valence-corrected chi connectivity index (χ4v) is 3.34. The SMILES string of the molecule is CCOC(=O)c1ccc(-n2c(-c3ccccc3)ccc2-c2ccccc2)cc1. The van der Waals surface area contributed by atoms with E-state index in [4.69, 9.17) is 4.74 Å². The third-order valence-electron chi connectivity index (χ3n) is 4.66. The predicted octanol–water partition coefficient (Wildman–Crippen LogP) is 5.99. The maximum atomic E-state index is 12.0. The van der Waals surface area contributed by atoms with Crippen LogP contribution in [0.1, 0.15) is 17.3 Å². The molecule has 4 aromatic rings. The molecule has 0 unspecified atom stereocenters. The molecular formula is C25H21NO2. The first-order chi connectivity index (χ1) is 13.8. The fourth-order valence-electron chi connectivity index (χ4n) is 3.34. The van der Waals surface area contributed by atoms with Crippen LogP contribution in [-0.4, -0.2) is 17.1 Å². The third kappa shape index (κ3) is 3.47. The lowest BCUT2D eigenvalue weighted by Gasteiger charge is -2.15. The number of nitrogens with zero attached hydrogens (tertiary/aromatic N) is 1. The Morgan fingerprint density at radius 3 is 1.68 bits per heavy atom. The molecule has 1 heterocycles. The van der Waals surface area contributed by atoms with Crippen molar-refractivity contribution in [2.24, 2.45) is 0 Å². The monoisotopic (exact) mass is 367 g/mol. The normalized spacial score (nSPS) is 10.6. The van der Waals surface area contributed by atoms with Gasteiger partial charge in [-0.2, -0.15) is 0 Å². The minimum Gasteiger partial charge on any atom is -0.462 e. The molecule has 0 spiro atoms. The second-order valence-corrected chi connectivity index (χ2v) is 6.44. The van der Waals surface area contributed by atoms with Crippen LogP contribution in [0.3, 0.4) is 0 Å². The van der Waals surface area contributed by atoms with Gasteiger partial charge < -0.3 is 9.30 Å². The molecule has 138 valence electrons. The van der Waals surface area contributed by atoms with Crippen molar-refractivity contribution in [1.82, 2.24) is 4.57 Å². The summed E-state index contributed by atoms with van der Waals surface area (Å²) in [4.78, 5) is 12.0. The minimum absolute atomic E-state index is 0.298. The van der Waals surface area contributed by atoms with E-state index >= 15 is 0 Å². The van der Waals surface area contributed by atoms with Crippen molar-refractivity contribution in [1.29, 1.82) is 0 Å². The van der Waals surface area contributed by atoms with Crippen LogP contribution in [0, 0.1) is 0 Å². The molecule has 0 fully saturated rings. The average Bonchev–Trinajstić information content (AvgIpc) is 3.20. The first-order valence-corrected chi connectivity index (χ1v) is 9.38. The maximum absolute atomic E-state index is 12.0. The predicted molar refractivity (Wildman–Crippen MR) is 113 cm³/mol. The Kier molecular flexibility index (Phi) is 5.07. The Hall–Kier alpha value is -3.59. The number of aromatic nitrogens is 1. The number of hydrogen-bond donors (Lipinski definition) is 0. The quantitative estimate of drug-likeness (QED) is 0.406. The topological polar surface area (TPSA) is 31.2 Å². The molecule has 3 heteroatoms. The Bertz CT molecular complexity index is 1010. The zero-order valence-electron chi connectivity index (χ0n) is 15.7. The number of carbonyl (C=O) groups is 1. The second kappa shape index (κ2) is 7.97. The number of benzene rings is 3. The summed E-state index contributed by atoms with van der Waals surface area (Å²) in [5.74, 6) is -0.298. The highest BCUT2D eigenvalue weighted by atomic mass is 16.5. The van der Waals surface area contributed by atoms with E-state index in [2.05, 4.69) is 41.0 Å². The van der Waals surface area contributed by atoms with Crippen molar-refractivity contribution >= 4 is 5.97 Å². The van der Waals surface area contributed by atoms with E-state index < -0.39 is 0 Å². The van der Waals surface area contributed by atoms with Crippen LogP contribution < -0.4 is 0 Å². The van der Waals surface area contributed by atoms with Crippen molar-refractivity contribution in [2.75, 3.05) is 6.61 Å². The van der Waals surface area contributed by atoms with E-state index in [0.717, 1.165) is 28.2 Å². The molecule has 0 radical (unpaired) electrons. The smallest absolute Gasteiger partial charge is 0.338 e. The summed E-state index contributed by atoms with van der Waals surface area (Å²) in [5.41, 5.74) is 6.03. The van der Waals surface area contributed by atoms with E-state index in [1.54, 1.807) is 0 Å². The van der Waals surface area contributed by atoms with Gasteiger partial charge in [0.25, 0.3) is 0 Å². The van der Waals surface area contributed by atoms with E-state index in [1.807, 2.05) is 67.6 Å². The molecule has 0 N–H and O–H groups in total. The number of hydrogen-bond acceptors (Lipinski definition) is 2. The molecule has 0 saturated heterocycles. The number of esters is 1. The molecule has 0 aliphatic carbocycles. The third-order valence-corrected chi connectivity index (χ3v) is 4.66. The van der Waals surface area contributed by atoms with Crippen LogP contribution in [-0.2, 0) is 4.74 Å².